The lowest BCUT2D eigenvalue weighted by molar-refractivity contribution is 0.411. The molecule has 20 heavy (non-hydrogen) atoms. The van der Waals surface area contributed by atoms with Crippen LogP contribution in [0.15, 0.2) is 45.3 Å². The summed E-state index contributed by atoms with van der Waals surface area (Å²) in [7, 11) is 3.67. The highest BCUT2D eigenvalue weighted by molar-refractivity contribution is 9.11. The van der Waals surface area contributed by atoms with Crippen LogP contribution in [-0.2, 0) is 0 Å². The van der Waals surface area contributed by atoms with Gasteiger partial charge < -0.3 is 10.1 Å². The van der Waals surface area contributed by atoms with Crippen LogP contribution in [0.2, 0.25) is 0 Å². The third-order valence-electron chi connectivity index (χ3n) is 3.31. The third kappa shape index (κ3) is 3.25. The van der Waals surface area contributed by atoms with E-state index in [1.165, 1.54) is 11.1 Å². The predicted octanol–water partition coefficient (Wildman–Crippen LogP) is 4.84. The van der Waals surface area contributed by atoms with Crippen LogP contribution in [0.1, 0.15) is 22.7 Å². The van der Waals surface area contributed by atoms with Gasteiger partial charge in [0.25, 0.3) is 0 Å². The van der Waals surface area contributed by atoms with Gasteiger partial charge >= 0.3 is 0 Å². The number of hydrogen-bond donors (Lipinski definition) is 1. The normalized spacial score (nSPS) is 12.2. The van der Waals surface area contributed by atoms with E-state index in [0.29, 0.717) is 0 Å². The van der Waals surface area contributed by atoms with Crippen molar-refractivity contribution in [1.82, 2.24) is 5.32 Å². The molecule has 2 aromatic carbocycles. The molecule has 106 valence electrons. The number of aryl methyl sites for hydroxylation is 1. The van der Waals surface area contributed by atoms with Gasteiger partial charge in [-0.25, -0.2) is 0 Å². The first kappa shape index (κ1) is 15.5. The van der Waals surface area contributed by atoms with E-state index in [1.54, 1.807) is 7.11 Å². The zero-order chi connectivity index (χ0) is 14.7. The molecule has 0 bridgehead atoms. The summed E-state index contributed by atoms with van der Waals surface area (Å²) in [4.78, 5) is 0. The fourth-order valence-corrected chi connectivity index (χ4v) is 3.59. The number of nitrogens with one attached hydrogen (secondary N) is 1. The zero-order valence-corrected chi connectivity index (χ0v) is 14.9. The Kier molecular flexibility index (Phi) is 5.24. The average Bonchev–Trinajstić information content (AvgIpc) is 2.42. The van der Waals surface area contributed by atoms with Crippen molar-refractivity contribution in [2.24, 2.45) is 0 Å². The van der Waals surface area contributed by atoms with E-state index in [0.717, 1.165) is 20.3 Å². The number of methoxy groups -OCH3 is 1. The molecule has 1 atom stereocenters. The highest BCUT2D eigenvalue weighted by Gasteiger charge is 2.16. The molecular formula is C16H17Br2NO. The summed E-state index contributed by atoms with van der Waals surface area (Å²) < 4.78 is 7.47. The first-order valence-electron chi connectivity index (χ1n) is 6.33. The number of halogens is 2. The van der Waals surface area contributed by atoms with Gasteiger partial charge in [0.05, 0.1) is 13.2 Å². The van der Waals surface area contributed by atoms with Crippen molar-refractivity contribution in [3.8, 4) is 5.75 Å². The number of benzene rings is 2. The van der Waals surface area contributed by atoms with Gasteiger partial charge in [-0.1, -0.05) is 50.1 Å². The molecular weight excluding hydrogens is 382 g/mol. The molecule has 0 saturated carbocycles. The Bertz CT molecular complexity index is 613. The minimum absolute atomic E-state index is 0.141. The van der Waals surface area contributed by atoms with Gasteiger partial charge in [0.15, 0.2) is 0 Å². The monoisotopic (exact) mass is 397 g/mol. The van der Waals surface area contributed by atoms with E-state index in [1.807, 2.05) is 13.1 Å². The molecule has 0 spiro atoms. The molecule has 1 N–H and O–H groups in total. The largest absolute Gasteiger partial charge is 0.496 e. The Morgan fingerprint density at radius 1 is 1.10 bits per heavy atom. The van der Waals surface area contributed by atoms with Crippen LogP contribution in [-0.4, -0.2) is 14.2 Å². The molecule has 0 amide bonds. The molecule has 0 fully saturated rings. The molecule has 2 aromatic rings. The minimum Gasteiger partial charge on any atom is -0.496 e. The molecule has 0 aliphatic heterocycles. The Hall–Kier alpha value is -0.840. The first-order valence-corrected chi connectivity index (χ1v) is 7.92. The van der Waals surface area contributed by atoms with E-state index in [-0.39, 0.29) is 6.04 Å². The van der Waals surface area contributed by atoms with Crippen LogP contribution >= 0.6 is 31.9 Å². The van der Waals surface area contributed by atoms with Gasteiger partial charge in [0, 0.05) is 8.95 Å². The Morgan fingerprint density at radius 3 is 2.40 bits per heavy atom. The maximum atomic E-state index is 5.32. The van der Waals surface area contributed by atoms with Crippen LogP contribution in [0.5, 0.6) is 5.75 Å². The summed E-state index contributed by atoms with van der Waals surface area (Å²) in [5.74, 6) is 0.915. The summed E-state index contributed by atoms with van der Waals surface area (Å²) in [5.41, 5.74) is 3.56. The standard InChI is InChI=1S/C16H17Br2NO/c1-10-8-11(4-7-15(10)20-3)16(19-2)13-6-5-12(17)9-14(13)18/h4-9,16,19H,1-3H3. The predicted molar refractivity (Wildman–Crippen MR) is 90.5 cm³/mol. The van der Waals surface area contributed by atoms with Crippen molar-refractivity contribution in [3.05, 3.63) is 62.0 Å². The van der Waals surface area contributed by atoms with E-state index >= 15 is 0 Å². The molecule has 0 aliphatic rings. The summed E-state index contributed by atoms with van der Waals surface area (Å²) in [5, 5.41) is 3.37. The van der Waals surface area contributed by atoms with Gasteiger partial charge in [-0.2, -0.15) is 0 Å². The van der Waals surface area contributed by atoms with Crippen molar-refractivity contribution in [2.75, 3.05) is 14.2 Å². The van der Waals surface area contributed by atoms with Crippen molar-refractivity contribution >= 4 is 31.9 Å². The number of rotatable bonds is 4. The van der Waals surface area contributed by atoms with Gasteiger partial charge in [-0.15, -0.1) is 0 Å². The molecule has 4 heteroatoms. The molecule has 0 heterocycles. The lowest BCUT2D eigenvalue weighted by Gasteiger charge is -2.20. The van der Waals surface area contributed by atoms with Crippen LogP contribution in [0.4, 0.5) is 0 Å². The highest BCUT2D eigenvalue weighted by atomic mass is 79.9. The SMILES string of the molecule is CNC(c1ccc(OC)c(C)c1)c1ccc(Br)cc1Br. The van der Waals surface area contributed by atoms with Gasteiger partial charge in [0.1, 0.15) is 5.75 Å². The summed E-state index contributed by atoms with van der Waals surface area (Å²) in [6.45, 7) is 2.06. The summed E-state index contributed by atoms with van der Waals surface area (Å²) in [6, 6.07) is 12.7. The lowest BCUT2D eigenvalue weighted by Crippen LogP contribution is -2.18. The minimum atomic E-state index is 0.141. The van der Waals surface area contributed by atoms with Crippen molar-refractivity contribution in [3.63, 3.8) is 0 Å². The van der Waals surface area contributed by atoms with Crippen LogP contribution in [0.3, 0.4) is 0 Å². The first-order chi connectivity index (χ1) is 9.56. The van der Waals surface area contributed by atoms with Gasteiger partial charge in [-0.3, -0.25) is 0 Å². The van der Waals surface area contributed by atoms with E-state index < -0.39 is 0 Å². The van der Waals surface area contributed by atoms with E-state index in [2.05, 4.69) is 74.4 Å². The van der Waals surface area contributed by atoms with Gasteiger partial charge in [0.2, 0.25) is 0 Å². The Balaban J connectivity index is 2.44. The molecule has 2 rings (SSSR count). The average molecular weight is 399 g/mol. The Morgan fingerprint density at radius 2 is 1.85 bits per heavy atom. The summed E-state index contributed by atoms with van der Waals surface area (Å²) in [6.07, 6.45) is 0. The highest BCUT2D eigenvalue weighted by Crippen LogP contribution is 2.32. The molecule has 0 aliphatic carbocycles. The topological polar surface area (TPSA) is 21.3 Å². The number of ether oxygens (including phenoxy) is 1. The maximum Gasteiger partial charge on any atom is 0.121 e. The molecule has 2 nitrogen and oxygen atoms in total. The lowest BCUT2D eigenvalue weighted by atomic mass is 9.97. The second-order valence-corrected chi connectivity index (χ2v) is 6.39. The van der Waals surface area contributed by atoms with Crippen molar-refractivity contribution in [2.45, 2.75) is 13.0 Å². The fourth-order valence-electron chi connectivity index (χ4n) is 2.32. The molecule has 0 radical (unpaired) electrons. The summed E-state index contributed by atoms with van der Waals surface area (Å²) >= 11 is 7.12. The fraction of sp³-hybridized carbons (Fsp3) is 0.250. The quantitative estimate of drug-likeness (QED) is 0.795. The number of hydrogen-bond acceptors (Lipinski definition) is 2. The third-order valence-corrected chi connectivity index (χ3v) is 4.49. The van der Waals surface area contributed by atoms with Gasteiger partial charge in [-0.05, 0) is 48.9 Å². The van der Waals surface area contributed by atoms with Crippen molar-refractivity contribution in [1.29, 1.82) is 0 Å². The zero-order valence-electron chi connectivity index (χ0n) is 11.7. The molecule has 0 saturated heterocycles. The van der Waals surface area contributed by atoms with Crippen LogP contribution in [0, 0.1) is 6.92 Å². The van der Waals surface area contributed by atoms with Crippen LogP contribution in [0.25, 0.3) is 0 Å². The van der Waals surface area contributed by atoms with Crippen molar-refractivity contribution < 1.29 is 4.74 Å². The van der Waals surface area contributed by atoms with E-state index in [4.69, 9.17) is 4.74 Å². The van der Waals surface area contributed by atoms with Crippen LogP contribution < -0.4 is 10.1 Å². The molecule has 1 unspecified atom stereocenters. The second-order valence-electron chi connectivity index (χ2n) is 4.62. The molecule has 0 aromatic heterocycles. The Labute approximate surface area is 136 Å². The second kappa shape index (κ2) is 6.74. The smallest absolute Gasteiger partial charge is 0.121 e. The maximum absolute atomic E-state index is 5.32. The van der Waals surface area contributed by atoms with E-state index in [9.17, 15) is 0 Å².